The fourth-order valence-electron chi connectivity index (χ4n) is 3.67. The highest BCUT2D eigenvalue weighted by atomic mass is 16.5. The third-order valence-electron chi connectivity index (χ3n) is 5.37. The second-order valence-corrected chi connectivity index (χ2v) is 7.04. The predicted octanol–water partition coefficient (Wildman–Crippen LogP) is 3.26. The molecule has 1 aliphatic heterocycles. The molecule has 2 atom stereocenters. The van der Waals surface area contributed by atoms with E-state index >= 15 is 0 Å². The molecule has 116 valence electrons. The summed E-state index contributed by atoms with van der Waals surface area (Å²) in [6.07, 6.45) is 3.42. The van der Waals surface area contributed by atoms with Gasteiger partial charge in [0.2, 0.25) is 0 Å². The zero-order valence-electron chi connectivity index (χ0n) is 13.7. The molecule has 1 spiro atoms. The maximum atomic E-state index is 6.77. The van der Waals surface area contributed by atoms with Crippen LogP contribution in [0.5, 0.6) is 5.75 Å². The first-order valence-corrected chi connectivity index (χ1v) is 8.07. The highest BCUT2D eigenvalue weighted by Crippen LogP contribution is 2.45. The second kappa shape index (κ2) is 5.29. The van der Waals surface area contributed by atoms with Gasteiger partial charge in [-0.15, -0.1) is 0 Å². The molecule has 0 amide bonds. The van der Waals surface area contributed by atoms with E-state index in [0.29, 0.717) is 5.92 Å². The number of aryl methyl sites for hydroxylation is 1. The Kier molecular flexibility index (Phi) is 3.74. The Labute approximate surface area is 128 Å². The molecular weight excluding hydrogens is 262 g/mol. The van der Waals surface area contributed by atoms with Crippen LogP contribution in [0.2, 0.25) is 0 Å². The minimum atomic E-state index is -0.195. The molecule has 2 aliphatic rings. The number of nitrogens with one attached hydrogen (secondary N) is 1. The minimum Gasteiger partial charge on any atom is -0.497 e. The summed E-state index contributed by atoms with van der Waals surface area (Å²) in [5.74, 6) is 1.41. The zero-order chi connectivity index (χ0) is 15.1. The number of methoxy groups -OCH3 is 1. The molecule has 3 heteroatoms. The van der Waals surface area contributed by atoms with Crippen molar-refractivity contribution in [1.29, 1.82) is 0 Å². The molecule has 1 fully saturated rings. The molecule has 3 rings (SSSR count). The summed E-state index contributed by atoms with van der Waals surface area (Å²) in [7, 11) is 1.73. The summed E-state index contributed by atoms with van der Waals surface area (Å²) in [5, 5.41) is 3.63. The van der Waals surface area contributed by atoms with E-state index in [1.807, 2.05) is 0 Å². The Balaban J connectivity index is 2.03. The number of hydrogen-bond acceptors (Lipinski definition) is 3. The molecule has 1 aromatic carbocycles. The fourth-order valence-corrected chi connectivity index (χ4v) is 3.67. The third-order valence-corrected chi connectivity index (χ3v) is 5.37. The monoisotopic (exact) mass is 289 g/mol. The molecule has 1 N–H and O–H groups in total. The van der Waals surface area contributed by atoms with Crippen LogP contribution >= 0.6 is 0 Å². The van der Waals surface area contributed by atoms with Gasteiger partial charge in [0, 0.05) is 13.1 Å². The van der Waals surface area contributed by atoms with Gasteiger partial charge in [-0.2, -0.15) is 0 Å². The fraction of sp³-hybridized carbons (Fsp3) is 0.667. The van der Waals surface area contributed by atoms with Crippen LogP contribution in [0.4, 0.5) is 0 Å². The second-order valence-electron chi connectivity index (χ2n) is 7.04. The van der Waals surface area contributed by atoms with Crippen LogP contribution in [-0.2, 0) is 16.8 Å². The summed E-state index contributed by atoms with van der Waals surface area (Å²) >= 11 is 0. The van der Waals surface area contributed by atoms with E-state index in [9.17, 15) is 0 Å². The molecule has 1 heterocycles. The van der Waals surface area contributed by atoms with Gasteiger partial charge in [0.25, 0.3) is 0 Å². The Hall–Kier alpha value is -1.06. The van der Waals surface area contributed by atoms with E-state index < -0.39 is 0 Å². The lowest BCUT2D eigenvalue weighted by atomic mass is 9.76. The normalized spacial score (nSPS) is 32.2. The Morgan fingerprint density at radius 3 is 2.81 bits per heavy atom. The highest BCUT2D eigenvalue weighted by molar-refractivity contribution is 5.42. The van der Waals surface area contributed by atoms with Crippen LogP contribution in [0.1, 0.15) is 44.7 Å². The lowest BCUT2D eigenvalue weighted by molar-refractivity contribution is -0.200. The van der Waals surface area contributed by atoms with E-state index in [0.717, 1.165) is 31.7 Å². The average molecular weight is 289 g/mol. The van der Waals surface area contributed by atoms with Gasteiger partial charge in [-0.1, -0.05) is 19.9 Å². The van der Waals surface area contributed by atoms with Gasteiger partial charge in [-0.05, 0) is 55.4 Å². The topological polar surface area (TPSA) is 30.5 Å². The zero-order valence-corrected chi connectivity index (χ0v) is 13.7. The number of fused-ring (bicyclic) bond motifs is 2. The van der Waals surface area contributed by atoms with Gasteiger partial charge in [-0.3, -0.25) is 0 Å². The van der Waals surface area contributed by atoms with Crippen LogP contribution in [0.3, 0.4) is 0 Å². The molecule has 0 saturated carbocycles. The first-order valence-electron chi connectivity index (χ1n) is 8.07. The molecule has 0 radical (unpaired) electrons. The Bertz CT molecular complexity index is 528. The minimum absolute atomic E-state index is 0.115. The van der Waals surface area contributed by atoms with Crippen molar-refractivity contribution in [3.63, 3.8) is 0 Å². The SMILES string of the molecule is COc1ccc2c(c1)C1(CCC2)CNCC(C)(C(C)C)O1. The van der Waals surface area contributed by atoms with E-state index in [-0.39, 0.29) is 11.2 Å². The van der Waals surface area contributed by atoms with Crippen LogP contribution in [0.25, 0.3) is 0 Å². The molecule has 0 aromatic heterocycles. The van der Waals surface area contributed by atoms with Crippen LogP contribution < -0.4 is 10.1 Å². The molecule has 1 aliphatic carbocycles. The van der Waals surface area contributed by atoms with Crippen LogP contribution in [-0.4, -0.2) is 25.8 Å². The quantitative estimate of drug-likeness (QED) is 0.906. The maximum Gasteiger partial charge on any atom is 0.119 e. The van der Waals surface area contributed by atoms with Crippen molar-refractivity contribution in [2.24, 2.45) is 5.92 Å². The van der Waals surface area contributed by atoms with Crippen molar-refractivity contribution in [3.05, 3.63) is 29.3 Å². The van der Waals surface area contributed by atoms with Gasteiger partial charge in [0.1, 0.15) is 11.4 Å². The molecule has 1 aromatic rings. The van der Waals surface area contributed by atoms with E-state index in [4.69, 9.17) is 9.47 Å². The summed E-state index contributed by atoms with van der Waals surface area (Å²) in [6.45, 7) is 8.55. The third kappa shape index (κ3) is 2.47. The smallest absolute Gasteiger partial charge is 0.119 e. The standard InChI is InChI=1S/C18H27NO2/c1-13(2)17(3)11-19-12-18(21-17)9-5-6-14-7-8-15(20-4)10-16(14)18/h7-8,10,13,19H,5-6,9,11-12H2,1-4H3. The summed E-state index contributed by atoms with van der Waals surface area (Å²) < 4.78 is 12.2. The van der Waals surface area contributed by atoms with Crippen molar-refractivity contribution in [1.82, 2.24) is 5.32 Å². The van der Waals surface area contributed by atoms with Crippen molar-refractivity contribution < 1.29 is 9.47 Å². The van der Waals surface area contributed by atoms with E-state index in [2.05, 4.69) is 44.3 Å². The van der Waals surface area contributed by atoms with Gasteiger partial charge in [-0.25, -0.2) is 0 Å². The van der Waals surface area contributed by atoms with Crippen LogP contribution in [0.15, 0.2) is 18.2 Å². The highest BCUT2D eigenvalue weighted by Gasteiger charge is 2.47. The first kappa shape index (κ1) is 14.9. The van der Waals surface area contributed by atoms with Gasteiger partial charge >= 0.3 is 0 Å². The molecule has 1 saturated heterocycles. The number of morpholine rings is 1. The number of hydrogen-bond donors (Lipinski definition) is 1. The Morgan fingerprint density at radius 2 is 2.10 bits per heavy atom. The molecule has 2 unspecified atom stereocenters. The predicted molar refractivity (Wildman–Crippen MR) is 84.8 cm³/mol. The van der Waals surface area contributed by atoms with Crippen LogP contribution in [0, 0.1) is 5.92 Å². The number of benzene rings is 1. The number of ether oxygens (including phenoxy) is 2. The lowest BCUT2D eigenvalue weighted by Crippen LogP contribution is -2.60. The molecule has 3 nitrogen and oxygen atoms in total. The van der Waals surface area contributed by atoms with Gasteiger partial charge in [0.15, 0.2) is 0 Å². The first-order chi connectivity index (χ1) is 9.99. The average Bonchev–Trinajstić information content (AvgIpc) is 2.47. The largest absolute Gasteiger partial charge is 0.497 e. The van der Waals surface area contributed by atoms with Crippen molar-refractivity contribution in [2.45, 2.75) is 51.2 Å². The molecule has 21 heavy (non-hydrogen) atoms. The van der Waals surface area contributed by atoms with Gasteiger partial charge < -0.3 is 14.8 Å². The van der Waals surface area contributed by atoms with E-state index in [1.165, 1.54) is 17.5 Å². The molecule has 0 bridgehead atoms. The van der Waals surface area contributed by atoms with E-state index in [1.54, 1.807) is 7.11 Å². The van der Waals surface area contributed by atoms with Crippen molar-refractivity contribution in [2.75, 3.05) is 20.2 Å². The summed E-state index contributed by atoms with van der Waals surface area (Å²) in [5.41, 5.74) is 2.43. The van der Waals surface area contributed by atoms with Crippen molar-refractivity contribution in [3.8, 4) is 5.75 Å². The summed E-state index contributed by atoms with van der Waals surface area (Å²) in [4.78, 5) is 0. The summed E-state index contributed by atoms with van der Waals surface area (Å²) in [6, 6.07) is 6.46. The van der Waals surface area contributed by atoms with Crippen molar-refractivity contribution >= 4 is 0 Å². The van der Waals surface area contributed by atoms with Gasteiger partial charge in [0.05, 0.1) is 12.7 Å². The Morgan fingerprint density at radius 1 is 1.29 bits per heavy atom. The number of rotatable bonds is 2. The lowest BCUT2D eigenvalue weighted by Gasteiger charge is -2.51. The maximum absolute atomic E-state index is 6.77. The molecular formula is C18H27NO2.